The van der Waals surface area contributed by atoms with Gasteiger partial charge in [0.05, 0.1) is 6.10 Å². The Kier molecular flexibility index (Phi) is 5.85. The van der Waals surface area contributed by atoms with Gasteiger partial charge in [0.2, 0.25) is 0 Å². The normalized spacial score (nSPS) is 27.8. The van der Waals surface area contributed by atoms with Crippen molar-refractivity contribution in [3.63, 3.8) is 0 Å². The molecule has 0 radical (unpaired) electrons. The van der Waals surface area contributed by atoms with Crippen molar-refractivity contribution >= 4 is 5.78 Å². The van der Waals surface area contributed by atoms with Crippen LogP contribution in [0.4, 0.5) is 0 Å². The van der Waals surface area contributed by atoms with Gasteiger partial charge in [-0.25, -0.2) is 0 Å². The van der Waals surface area contributed by atoms with E-state index in [9.17, 15) is 9.90 Å². The van der Waals surface area contributed by atoms with E-state index in [2.05, 4.69) is 0 Å². The van der Waals surface area contributed by atoms with Crippen molar-refractivity contribution in [2.24, 2.45) is 0 Å². The summed E-state index contributed by atoms with van der Waals surface area (Å²) in [4.78, 5) is 11.3. The van der Waals surface area contributed by atoms with Gasteiger partial charge in [-0.2, -0.15) is 0 Å². The quantitative estimate of drug-likeness (QED) is 0.650. The van der Waals surface area contributed by atoms with Gasteiger partial charge in [0.1, 0.15) is 5.78 Å². The van der Waals surface area contributed by atoms with Gasteiger partial charge in [0.25, 0.3) is 0 Å². The number of hydrogen-bond acceptors (Lipinski definition) is 2. The van der Waals surface area contributed by atoms with Gasteiger partial charge in [0.15, 0.2) is 0 Å². The van der Waals surface area contributed by atoms with Crippen LogP contribution in [0, 0.1) is 0 Å². The second-order valence-corrected chi connectivity index (χ2v) is 4.39. The highest BCUT2D eigenvalue weighted by Gasteiger charge is 2.07. The summed E-state index contributed by atoms with van der Waals surface area (Å²) in [5, 5.41) is 9.57. The first-order valence-corrected chi connectivity index (χ1v) is 5.99. The van der Waals surface area contributed by atoms with Crippen LogP contribution in [0.3, 0.4) is 0 Å². The summed E-state index contributed by atoms with van der Waals surface area (Å²) in [5.41, 5.74) is 0. The van der Waals surface area contributed by atoms with Gasteiger partial charge in [-0.15, -0.1) is 0 Å². The summed E-state index contributed by atoms with van der Waals surface area (Å²) in [5.74, 6) is 0.417. The van der Waals surface area contributed by atoms with Gasteiger partial charge in [-0.3, -0.25) is 4.79 Å². The number of Topliss-reactive ketones (excluding diaryl/α,β-unsaturated/α-hetero) is 1. The third-order valence-corrected chi connectivity index (χ3v) is 2.99. The van der Waals surface area contributed by atoms with Crippen molar-refractivity contribution in [3.05, 3.63) is 0 Å². The van der Waals surface area contributed by atoms with Crippen LogP contribution in [0.1, 0.15) is 64.2 Å². The van der Waals surface area contributed by atoms with E-state index in [1.165, 1.54) is 6.42 Å². The van der Waals surface area contributed by atoms with Gasteiger partial charge in [-0.1, -0.05) is 25.7 Å². The van der Waals surface area contributed by atoms with Gasteiger partial charge in [-0.05, 0) is 25.7 Å². The lowest BCUT2D eigenvalue weighted by Crippen LogP contribution is -2.07. The molecule has 0 aromatic heterocycles. The first kappa shape index (κ1) is 11.7. The Morgan fingerprint density at radius 1 is 0.857 bits per heavy atom. The van der Waals surface area contributed by atoms with E-state index < -0.39 is 0 Å². The minimum absolute atomic E-state index is 0.121. The smallest absolute Gasteiger partial charge is 0.132 e. The third-order valence-electron chi connectivity index (χ3n) is 2.99. The van der Waals surface area contributed by atoms with Gasteiger partial charge >= 0.3 is 0 Å². The Bertz CT molecular complexity index is 166. The molecule has 1 saturated carbocycles. The Morgan fingerprint density at radius 2 is 1.36 bits per heavy atom. The molecule has 0 heterocycles. The zero-order valence-electron chi connectivity index (χ0n) is 9.00. The molecule has 82 valence electrons. The summed E-state index contributed by atoms with van der Waals surface area (Å²) in [6, 6.07) is 0. The average molecular weight is 198 g/mol. The predicted molar refractivity (Wildman–Crippen MR) is 57.2 cm³/mol. The first-order chi connectivity index (χ1) is 6.79. The molecule has 0 bridgehead atoms. The van der Waals surface area contributed by atoms with Crippen molar-refractivity contribution < 1.29 is 9.90 Å². The van der Waals surface area contributed by atoms with Crippen LogP contribution in [-0.4, -0.2) is 17.0 Å². The predicted octanol–water partition coefficient (Wildman–Crippen LogP) is 2.83. The SMILES string of the molecule is O=C1CCCCCCC(O)CCCC1. The van der Waals surface area contributed by atoms with E-state index in [-0.39, 0.29) is 6.10 Å². The fraction of sp³-hybridized carbons (Fsp3) is 0.917. The van der Waals surface area contributed by atoms with E-state index in [0.717, 1.165) is 57.8 Å². The maximum absolute atomic E-state index is 11.3. The minimum atomic E-state index is -0.121. The van der Waals surface area contributed by atoms with Gasteiger partial charge < -0.3 is 5.11 Å². The maximum Gasteiger partial charge on any atom is 0.132 e. The van der Waals surface area contributed by atoms with Crippen molar-refractivity contribution in [1.82, 2.24) is 0 Å². The van der Waals surface area contributed by atoms with Crippen molar-refractivity contribution in [2.75, 3.05) is 0 Å². The Hall–Kier alpha value is -0.370. The number of rotatable bonds is 0. The molecule has 2 nitrogen and oxygen atoms in total. The molecule has 0 spiro atoms. The van der Waals surface area contributed by atoms with Crippen LogP contribution in [0.5, 0.6) is 0 Å². The molecule has 1 unspecified atom stereocenters. The number of hydrogen-bond donors (Lipinski definition) is 1. The summed E-state index contributed by atoms with van der Waals surface area (Å²) < 4.78 is 0. The highest BCUT2D eigenvalue weighted by Crippen LogP contribution is 2.15. The van der Waals surface area contributed by atoms with Crippen LogP contribution >= 0.6 is 0 Å². The van der Waals surface area contributed by atoms with Crippen LogP contribution in [0.15, 0.2) is 0 Å². The van der Waals surface area contributed by atoms with Crippen LogP contribution < -0.4 is 0 Å². The highest BCUT2D eigenvalue weighted by atomic mass is 16.3. The topological polar surface area (TPSA) is 37.3 Å². The molecule has 1 rings (SSSR count). The molecule has 1 aliphatic carbocycles. The van der Waals surface area contributed by atoms with E-state index >= 15 is 0 Å². The average Bonchev–Trinajstić information content (AvgIpc) is 2.16. The largest absolute Gasteiger partial charge is 0.393 e. The standard InChI is InChI=1S/C12H22O2/c13-11-7-3-1-2-4-8-12(14)10-6-5-9-11/h11,13H,1-10H2. The molecule has 0 amide bonds. The lowest BCUT2D eigenvalue weighted by molar-refractivity contribution is -0.119. The summed E-state index contributed by atoms with van der Waals surface area (Å²) in [7, 11) is 0. The summed E-state index contributed by atoms with van der Waals surface area (Å²) in [6.45, 7) is 0. The second-order valence-electron chi connectivity index (χ2n) is 4.39. The van der Waals surface area contributed by atoms with Crippen molar-refractivity contribution in [1.29, 1.82) is 0 Å². The molecule has 14 heavy (non-hydrogen) atoms. The minimum Gasteiger partial charge on any atom is -0.393 e. The van der Waals surface area contributed by atoms with Crippen LogP contribution in [0.25, 0.3) is 0 Å². The van der Waals surface area contributed by atoms with E-state index in [1.54, 1.807) is 0 Å². The second kappa shape index (κ2) is 6.99. The summed E-state index contributed by atoms with van der Waals surface area (Å²) >= 11 is 0. The Balaban J connectivity index is 2.23. The number of aliphatic hydroxyl groups is 1. The molecule has 1 aliphatic rings. The molecule has 0 aliphatic heterocycles. The lowest BCUT2D eigenvalue weighted by atomic mass is 9.99. The number of ketones is 1. The molecule has 1 atom stereocenters. The number of carbonyl (C=O) groups is 1. The number of aliphatic hydroxyl groups excluding tert-OH is 1. The van der Waals surface area contributed by atoms with E-state index in [0.29, 0.717) is 5.78 Å². The third kappa shape index (κ3) is 5.38. The fourth-order valence-electron chi connectivity index (χ4n) is 2.03. The van der Waals surface area contributed by atoms with E-state index in [4.69, 9.17) is 0 Å². The zero-order valence-corrected chi connectivity index (χ0v) is 9.00. The van der Waals surface area contributed by atoms with Crippen LogP contribution in [-0.2, 0) is 4.79 Å². The zero-order chi connectivity index (χ0) is 10.2. The maximum atomic E-state index is 11.3. The number of carbonyl (C=O) groups excluding carboxylic acids is 1. The molecule has 1 fully saturated rings. The molecular formula is C12H22O2. The van der Waals surface area contributed by atoms with E-state index in [1.807, 2.05) is 0 Å². The van der Waals surface area contributed by atoms with Gasteiger partial charge in [0, 0.05) is 12.8 Å². The first-order valence-electron chi connectivity index (χ1n) is 5.99. The highest BCUT2D eigenvalue weighted by molar-refractivity contribution is 5.78. The molecule has 0 aromatic carbocycles. The molecule has 1 N–H and O–H groups in total. The molecule has 0 saturated heterocycles. The molecule has 0 aromatic rings. The lowest BCUT2D eigenvalue weighted by Gasteiger charge is -2.11. The van der Waals surface area contributed by atoms with Crippen LogP contribution in [0.2, 0.25) is 0 Å². The fourth-order valence-corrected chi connectivity index (χ4v) is 2.03. The monoisotopic (exact) mass is 198 g/mol. The summed E-state index contributed by atoms with van der Waals surface area (Å²) in [6.07, 6.45) is 9.69. The Labute approximate surface area is 86.7 Å². The Morgan fingerprint density at radius 3 is 2.07 bits per heavy atom. The van der Waals surface area contributed by atoms with Crippen molar-refractivity contribution in [3.8, 4) is 0 Å². The van der Waals surface area contributed by atoms with Crippen molar-refractivity contribution in [2.45, 2.75) is 70.3 Å². The molecular weight excluding hydrogens is 176 g/mol. The molecule has 2 heteroatoms.